The van der Waals surface area contributed by atoms with E-state index in [1.54, 1.807) is 42.5 Å². The number of nitrogens with zero attached hydrogens (tertiary/aromatic N) is 2. The van der Waals surface area contributed by atoms with Crippen LogP contribution in [0.1, 0.15) is 30.4 Å². The zero-order valence-corrected chi connectivity index (χ0v) is 19.7. The van der Waals surface area contributed by atoms with E-state index >= 15 is 0 Å². The van der Waals surface area contributed by atoms with Gasteiger partial charge in [0.2, 0.25) is 5.91 Å². The molecule has 2 amide bonds. The Hall–Kier alpha value is -3.65. The first kappa shape index (κ1) is 26.0. The van der Waals surface area contributed by atoms with E-state index in [0.717, 1.165) is 11.3 Å². The summed E-state index contributed by atoms with van der Waals surface area (Å²) in [4.78, 5) is 23.2. The van der Waals surface area contributed by atoms with Gasteiger partial charge in [-0.05, 0) is 35.9 Å². The Morgan fingerprint density at radius 1 is 1.20 bits per heavy atom. The summed E-state index contributed by atoms with van der Waals surface area (Å²) in [5.41, 5.74) is 4.38. The van der Waals surface area contributed by atoms with Crippen molar-refractivity contribution in [3.8, 4) is 17.6 Å². The van der Waals surface area contributed by atoms with Gasteiger partial charge in [0.25, 0.3) is 5.91 Å². The van der Waals surface area contributed by atoms with Crippen molar-refractivity contribution in [2.45, 2.75) is 25.5 Å². The standard InChI is InChI=1S/C24H26ClN5O5/c25-18-13-16(19-6-8-23(32)30-29-19)5-7-21(18)35-15-24(33)28-11-10-27-22(31)9-12-34-20-4-2-1-3-17(20)14-26/h1-5,7,13,22,27,31H,6,8-12,15H2,(H,28,33)(H,30,32). The highest BCUT2D eigenvalue weighted by Gasteiger charge is 2.15. The molecule has 11 heteroatoms. The molecule has 1 heterocycles. The van der Waals surface area contributed by atoms with Gasteiger partial charge in [0.05, 0.1) is 22.9 Å². The molecule has 0 aromatic heterocycles. The summed E-state index contributed by atoms with van der Waals surface area (Å²) in [6.07, 6.45) is 0.377. The lowest BCUT2D eigenvalue weighted by molar-refractivity contribution is -0.123. The average Bonchev–Trinajstić information content (AvgIpc) is 2.86. The number of hydrogen-bond acceptors (Lipinski definition) is 8. The van der Waals surface area contributed by atoms with Crippen LogP contribution in [0.25, 0.3) is 0 Å². The SMILES string of the molecule is N#Cc1ccccc1OCCC(O)NCCNC(=O)COc1ccc(C2=NNC(=O)CC2)cc1Cl. The maximum Gasteiger partial charge on any atom is 0.257 e. The van der Waals surface area contributed by atoms with Crippen LogP contribution in [0.15, 0.2) is 47.6 Å². The van der Waals surface area contributed by atoms with Gasteiger partial charge in [-0.25, -0.2) is 5.43 Å². The van der Waals surface area contributed by atoms with Gasteiger partial charge < -0.3 is 19.9 Å². The topological polar surface area (TPSA) is 145 Å². The lowest BCUT2D eigenvalue weighted by Crippen LogP contribution is -2.39. The number of amides is 2. The third kappa shape index (κ3) is 8.26. The number of para-hydroxylation sites is 1. The number of nitrogens with one attached hydrogen (secondary N) is 3. The minimum atomic E-state index is -0.822. The Morgan fingerprint density at radius 3 is 2.77 bits per heavy atom. The first-order chi connectivity index (χ1) is 17.0. The van der Waals surface area contributed by atoms with Crippen LogP contribution in [-0.4, -0.2) is 55.2 Å². The number of hydrogen-bond donors (Lipinski definition) is 4. The monoisotopic (exact) mass is 499 g/mol. The van der Waals surface area contributed by atoms with E-state index < -0.39 is 6.23 Å². The number of ether oxygens (including phenoxy) is 2. The number of aliphatic hydroxyl groups excluding tert-OH is 1. The van der Waals surface area contributed by atoms with Gasteiger partial charge in [-0.2, -0.15) is 10.4 Å². The zero-order chi connectivity index (χ0) is 25.0. The molecule has 1 unspecified atom stereocenters. The fraction of sp³-hybridized carbons (Fsp3) is 0.333. The van der Waals surface area contributed by atoms with Gasteiger partial charge in [-0.3, -0.25) is 14.9 Å². The Kier molecular flexibility index (Phi) is 9.86. The maximum absolute atomic E-state index is 12.0. The van der Waals surface area contributed by atoms with Crippen molar-refractivity contribution in [3.05, 3.63) is 58.6 Å². The minimum Gasteiger partial charge on any atom is -0.492 e. The van der Waals surface area contributed by atoms with Crippen molar-refractivity contribution < 1.29 is 24.2 Å². The van der Waals surface area contributed by atoms with E-state index in [2.05, 4.69) is 21.2 Å². The summed E-state index contributed by atoms with van der Waals surface area (Å²) in [7, 11) is 0. The second-order valence-electron chi connectivity index (χ2n) is 7.59. The Bertz CT molecular complexity index is 1120. The lowest BCUT2D eigenvalue weighted by Gasteiger charge is -2.15. The number of carbonyl (C=O) groups is 2. The molecule has 4 N–H and O–H groups in total. The number of halogens is 1. The molecule has 2 aromatic carbocycles. The predicted molar refractivity (Wildman–Crippen MR) is 129 cm³/mol. The quantitative estimate of drug-likeness (QED) is 0.257. The molecule has 3 rings (SSSR count). The van der Waals surface area contributed by atoms with Gasteiger partial charge in [-0.1, -0.05) is 23.7 Å². The lowest BCUT2D eigenvalue weighted by atomic mass is 10.0. The molecule has 0 radical (unpaired) electrons. The number of aliphatic hydroxyl groups is 1. The van der Waals surface area contributed by atoms with E-state index in [-0.39, 0.29) is 31.6 Å². The number of carbonyl (C=O) groups excluding carboxylic acids is 2. The Labute approximate surface area is 207 Å². The molecule has 0 saturated heterocycles. The molecule has 1 aliphatic heterocycles. The van der Waals surface area contributed by atoms with Crippen LogP contribution in [0.3, 0.4) is 0 Å². The van der Waals surface area contributed by atoms with Gasteiger partial charge in [-0.15, -0.1) is 0 Å². The van der Waals surface area contributed by atoms with Crippen molar-refractivity contribution in [1.82, 2.24) is 16.1 Å². The summed E-state index contributed by atoms with van der Waals surface area (Å²) in [6, 6.07) is 14.0. The summed E-state index contributed by atoms with van der Waals surface area (Å²) < 4.78 is 11.0. The molecular formula is C24H26ClN5O5. The Balaban J connectivity index is 1.30. The molecule has 35 heavy (non-hydrogen) atoms. The molecule has 1 aliphatic rings. The number of nitriles is 1. The number of hydrazone groups is 1. The molecule has 2 aromatic rings. The molecule has 0 fully saturated rings. The van der Waals surface area contributed by atoms with Crippen LogP contribution in [0.2, 0.25) is 5.02 Å². The largest absolute Gasteiger partial charge is 0.492 e. The third-order valence-electron chi connectivity index (χ3n) is 5.01. The van der Waals surface area contributed by atoms with Crippen LogP contribution < -0.4 is 25.5 Å². The average molecular weight is 500 g/mol. The molecule has 1 atom stereocenters. The maximum atomic E-state index is 12.0. The van der Waals surface area contributed by atoms with Crippen LogP contribution in [-0.2, 0) is 9.59 Å². The van der Waals surface area contributed by atoms with E-state index in [0.29, 0.717) is 47.9 Å². The van der Waals surface area contributed by atoms with Crippen LogP contribution in [0.5, 0.6) is 11.5 Å². The van der Waals surface area contributed by atoms with Crippen molar-refractivity contribution in [1.29, 1.82) is 5.26 Å². The fourth-order valence-corrected chi connectivity index (χ4v) is 3.42. The molecule has 0 aliphatic carbocycles. The first-order valence-electron chi connectivity index (χ1n) is 11.0. The van der Waals surface area contributed by atoms with Crippen molar-refractivity contribution >= 4 is 29.1 Å². The molecule has 0 saturated carbocycles. The molecule has 0 spiro atoms. The normalized spacial score (nSPS) is 13.7. The second-order valence-corrected chi connectivity index (χ2v) is 8.00. The summed E-state index contributed by atoms with van der Waals surface area (Å²) in [5.74, 6) is 0.373. The summed E-state index contributed by atoms with van der Waals surface area (Å²) in [5, 5.41) is 29.0. The Morgan fingerprint density at radius 2 is 2.03 bits per heavy atom. The predicted octanol–water partition coefficient (Wildman–Crippen LogP) is 1.70. The smallest absolute Gasteiger partial charge is 0.257 e. The number of rotatable bonds is 12. The van der Waals surface area contributed by atoms with Gasteiger partial charge in [0, 0.05) is 32.4 Å². The van der Waals surface area contributed by atoms with Crippen molar-refractivity contribution in [3.63, 3.8) is 0 Å². The minimum absolute atomic E-state index is 0.122. The van der Waals surface area contributed by atoms with Gasteiger partial charge in [0.15, 0.2) is 6.61 Å². The third-order valence-corrected chi connectivity index (χ3v) is 5.31. The highest BCUT2D eigenvalue weighted by atomic mass is 35.5. The van der Waals surface area contributed by atoms with Crippen molar-refractivity contribution in [2.24, 2.45) is 5.10 Å². The van der Waals surface area contributed by atoms with Crippen LogP contribution in [0.4, 0.5) is 0 Å². The van der Waals surface area contributed by atoms with Crippen LogP contribution >= 0.6 is 11.6 Å². The molecule has 184 valence electrons. The fourth-order valence-electron chi connectivity index (χ4n) is 3.18. The van der Waals surface area contributed by atoms with E-state index in [1.807, 2.05) is 6.07 Å². The highest BCUT2D eigenvalue weighted by molar-refractivity contribution is 6.32. The van der Waals surface area contributed by atoms with Gasteiger partial charge in [0.1, 0.15) is 23.8 Å². The first-order valence-corrected chi connectivity index (χ1v) is 11.4. The van der Waals surface area contributed by atoms with E-state index in [4.69, 9.17) is 26.3 Å². The van der Waals surface area contributed by atoms with Crippen LogP contribution in [0, 0.1) is 11.3 Å². The summed E-state index contributed by atoms with van der Waals surface area (Å²) in [6.45, 7) is 0.644. The molecular weight excluding hydrogens is 474 g/mol. The molecule has 0 bridgehead atoms. The zero-order valence-electron chi connectivity index (χ0n) is 18.9. The van der Waals surface area contributed by atoms with Gasteiger partial charge >= 0.3 is 0 Å². The van der Waals surface area contributed by atoms with Crippen molar-refractivity contribution in [2.75, 3.05) is 26.3 Å². The second kappa shape index (κ2) is 13.3. The number of benzene rings is 2. The highest BCUT2D eigenvalue weighted by Crippen LogP contribution is 2.26. The van der Waals surface area contributed by atoms with E-state index in [1.165, 1.54) is 0 Å². The summed E-state index contributed by atoms with van der Waals surface area (Å²) >= 11 is 6.26. The molecule has 10 nitrogen and oxygen atoms in total. The van der Waals surface area contributed by atoms with E-state index in [9.17, 15) is 14.7 Å².